The third kappa shape index (κ3) is 2.28. The van der Waals surface area contributed by atoms with E-state index in [0.29, 0.717) is 0 Å². The van der Waals surface area contributed by atoms with Crippen molar-refractivity contribution in [2.45, 2.75) is 24.6 Å². The van der Waals surface area contributed by atoms with Crippen LogP contribution < -0.4 is 0 Å². The summed E-state index contributed by atoms with van der Waals surface area (Å²) in [5.74, 6) is 0. The molecule has 13 heavy (non-hydrogen) atoms. The highest BCUT2D eigenvalue weighted by atomic mass is 35.5. The van der Waals surface area contributed by atoms with E-state index in [-0.39, 0.29) is 5.38 Å². The molecule has 0 spiro atoms. The van der Waals surface area contributed by atoms with E-state index in [1.807, 2.05) is 6.07 Å². The molecule has 0 nitrogen and oxygen atoms in total. The molecule has 70 valence electrons. The number of halogens is 2. The third-order valence-corrected chi connectivity index (χ3v) is 3.85. The predicted molar refractivity (Wildman–Crippen MR) is 60.8 cm³/mol. The fourth-order valence-electron chi connectivity index (χ4n) is 1.56. The molecule has 1 aliphatic rings. The van der Waals surface area contributed by atoms with Crippen LogP contribution in [0, 0.1) is 0 Å². The van der Waals surface area contributed by atoms with E-state index in [2.05, 4.69) is 12.1 Å². The highest BCUT2D eigenvalue weighted by molar-refractivity contribution is 7.17. The van der Waals surface area contributed by atoms with Gasteiger partial charge in [-0.3, -0.25) is 0 Å². The quantitative estimate of drug-likeness (QED) is 0.623. The summed E-state index contributed by atoms with van der Waals surface area (Å²) in [5, 5.41) is 0.213. The van der Waals surface area contributed by atoms with E-state index < -0.39 is 0 Å². The van der Waals surface area contributed by atoms with Gasteiger partial charge in [0.2, 0.25) is 0 Å². The van der Waals surface area contributed by atoms with Crippen LogP contribution in [-0.4, -0.2) is 5.38 Å². The molecule has 0 bridgehead atoms. The van der Waals surface area contributed by atoms with Gasteiger partial charge in [0.05, 0.1) is 9.71 Å². The summed E-state index contributed by atoms with van der Waals surface area (Å²) >= 11 is 13.6. The monoisotopic (exact) mass is 232 g/mol. The van der Waals surface area contributed by atoms with Crippen LogP contribution >= 0.6 is 34.5 Å². The van der Waals surface area contributed by atoms with Crippen molar-refractivity contribution in [3.8, 4) is 0 Å². The first-order valence-corrected chi connectivity index (χ1v) is 5.99. The molecular weight excluding hydrogens is 223 g/mol. The normalized spacial score (nSPS) is 22.9. The fourth-order valence-corrected chi connectivity index (χ4v) is 2.97. The second kappa shape index (κ2) is 4.04. The molecule has 3 heteroatoms. The third-order valence-electron chi connectivity index (χ3n) is 2.20. The van der Waals surface area contributed by atoms with E-state index in [1.54, 1.807) is 11.3 Å². The van der Waals surface area contributed by atoms with Gasteiger partial charge < -0.3 is 0 Å². The summed E-state index contributed by atoms with van der Waals surface area (Å²) in [4.78, 5) is 1.27. The van der Waals surface area contributed by atoms with Gasteiger partial charge in [-0.2, -0.15) is 0 Å². The zero-order chi connectivity index (χ0) is 9.26. The second-order valence-electron chi connectivity index (χ2n) is 3.20. The molecule has 0 radical (unpaired) electrons. The molecule has 0 saturated carbocycles. The minimum Gasteiger partial charge on any atom is -0.124 e. The van der Waals surface area contributed by atoms with E-state index in [4.69, 9.17) is 23.2 Å². The number of rotatable bonds is 1. The molecule has 1 atom stereocenters. The molecular formula is C10H10Cl2S. The first-order valence-electron chi connectivity index (χ1n) is 4.36. The van der Waals surface area contributed by atoms with Gasteiger partial charge in [-0.05, 0) is 37.0 Å². The van der Waals surface area contributed by atoms with Crippen molar-refractivity contribution in [2.24, 2.45) is 0 Å². The molecule has 1 aromatic rings. The number of alkyl halides is 1. The molecule has 1 aromatic heterocycles. The number of hydrogen-bond donors (Lipinski definition) is 0. The Hall–Kier alpha value is 0.0200. The van der Waals surface area contributed by atoms with Crippen molar-refractivity contribution in [1.82, 2.24) is 0 Å². The van der Waals surface area contributed by atoms with Crippen LogP contribution in [0.25, 0.3) is 5.57 Å². The Morgan fingerprint density at radius 3 is 2.85 bits per heavy atom. The smallest absolute Gasteiger partial charge is 0.0934 e. The average molecular weight is 233 g/mol. The van der Waals surface area contributed by atoms with Gasteiger partial charge in [-0.25, -0.2) is 0 Å². The van der Waals surface area contributed by atoms with Crippen molar-refractivity contribution in [3.63, 3.8) is 0 Å². The van der Waals surface area contributed by atoms with Crippen molar-refractivity contribution < 1.29 is 0 Å². The Bertz CT molecular complexity index is 327. The van der Waals surface area contributed by atoms with E-state index in [9.17, 15) is 0 Å². The van der Waals surface area contributed by atoms with Crippen molar-refractivity contribution in [2.75, 3.05) is 0 Å². The molecule has 0 amide bonds. The van der Waals surface area contributed by atoms with Gasteiger partial charge >= 0.3 is 0 Å². The minimum absolute atomic E-state index is 0.213. The molecule has 1 aliphatic carbocycles. The SMILES string of the molecule is Clc1ccc(C2=CC(Cl)CCC2)s1. The number of allylic oxidation sites excluding steroid dienone is 2. The lowest BCUT2D eigenvalue weighted by molar-refractivity contribution is 0.749. The molecule has 0 fully saturated rings. The van der Waals surface area contributed by atoms with E-state index in [1.165, 1.54) is 16.9 Å². The summed E-state index contributed by atoms with van der Waals surface area (Å²) in [6.07, 6.45) is 5.59. The Morgan fingerprint density at radius 2 is 2.23 bits per heavy atom. The van der Waals surface area contributed by atoms with Crippen LogP contribution in [0.3, 0.4) is 0 Å². The molecule has 0 N–H and O–H groups in total. The first kappa shape index (κ1) is 9.57. The van der Waals surface area contributed by atoms with Crippen LogP contribution in [0.2, 0.25) is 4.34 Å². The minimum atomic E-state index is 0.213. The average Bonchev–Trinajstić information content (AvgIpc) is 2.52. The zero-order valence-corrected chi connectivity index (χ0v) is 9.42. The Balaban J connectivity index is 2.25. The van der Waals surface area contributed by atoms with Crippen LogP contribution in [-0.2, 0) is 0 Å². The molecule has 1 heterocycles. The van der Waals surface area contributed by atoms with E-state index >= 15 is 0 Å². The number of hydrogen-bond acceptors (Lipinski definition) is 1. The Labute approximate surface area is 92.2 Å². The maximum atomic E-state index is 6.06. The zero-order valence-electron chi connectivity index (χ0n) is 7.09. The lowest BCUT2D eigenvalue weighted by Crippen LogP contribution is -2.01. The highest BCUT2D eigenvalue weighted by Gasteiger charge is 2.13. The lowest BCUT2D eigenvalue weighted by Gasteiger charge is -2.14. The van der Waals surface area contributed by atoms with Gasteiger partial charge in [0.15, 0.2) is 0 Å². The summed E-state index contributed by atoms with van der Waals surface area (Å²) in [6, 6.07) is 4.02. The summed E-state index contributed by atoms with van der Waals surface area (Å²) in [7, 11) is 0. The van der Waals surface area contributed by atoms with Crippen molar-refractivity contribution >= 4 is 40.1 Å². The van der Waals surface area contributed by atoms with Crippen molar-refractivity contribution in [3.05, 3.63) is 27.4 Å². The molecule has 0 aromatic carbocycles. The van der Waals surface area contributed by atoms with Crippen LogP contribution in [0.15, 0.2) is 18.2 Å². The second-order valence-corrected chi connectivity index (χ2v) is 5.48. The van der Waals surface area contributed by atoms with Crippen LogP contribution in [0.1, 0.15) is 24.1 Å². The van der Waals surface area contributed by atoms with Crippen LogP contribution in [0.4, 0.5) is 0 Å². The standard InChI is InChI=1S/C10H10Cl2S/c11-8-3-1-2-7(6-8)9-4-5-10(12)13-9/h4-6,8H,1-3H2. The summed E-state index contributed by atoms with van der Waals surface area (Å²) in [5.41, 5.74) is 1.36. The largest absolute Gasteiger partial charge is 0.124 e. The predicted octanol–water partition coefficient (Wildman–Crippen LogP) is 4.58. The Kier molecular flexibility index (Phi) is 2.97. The lowest BCUT2D eigenvalue weighted by atomic mass is 9.98. The van der Waals surface area contributed by atoms with Gasteiger partial charge in [0.25, 0.3) is 0 Å². The first-order chi connectivity index (χ1) is 6.25. The maximum Gasteiger partial charge on any atom is 0.0934 e. The topological polar surface area (TPSA) is 0 Å². The number of thiophene rings is 1. The molecule has 2 rings (SSSR count). The van der Waals surface area contributed by atoms with Gasteiger partial charge in [-0.15, -0.1) is 22.9 Å². The van der Waals surface area contributed by atoms with Gasteiger partial charge in [0.1, 0.15) is 0 Å². The van der Waals surface area contributed by atoms with Gasteiger partial charge in [0, 0.05) is 4.88 Å². The van der Waals surface area contributed by atoms with Crippen LogP contribution in [0.5, 0.6) is 0 Å². The molecule has 1 unspecified atom stereocenters. The Morgan fingerprint density at radius 1 is 1.38 bits per heavy atom. The summed E-state index contributed by atoms with van der Waals surface area (Å²) < 4.78 is 0.854. The summed E-state index contributed by atoms with van der Waals surface area (Å²) in [6.45, 7) is 0. The fraction of sp³-hybridized carbons (Fsp3) is 0.400. The van der Waals surface area contributed by atoms with Crippen molar-refractivity contribution in [1.29, 1.82) is 0 Å². The van der Waals surface area contributed by atoms with E-state index in [0.717, 1.165) is 17.2 Å². The maximum absolute atomic E-state index is 6.06. The van der Waals surface area contributed by atoms with Gasteiger partial charge in [-0.1, -0.05) is 17.7 Å². The molecule has 0 saturated heterocycles. The molecule has 0 aliphatic heterocycles. The highest BCUT2D eigenvalue weighted by Crippen LogP contribution is 2.34.